The predicted octanol–water partition coefficient (Wildman–Crippen LogP) is 4.08. The number of anilines is 1. The van der Waals surface area contributed by atoms with Gasteiger partial charge in [-0.05, 0) is 43.7 Å². The van der Waals surface area contributed by atoms with Crippen molar-refractivity contribution in [1.29, 1.82) is 0 Å². The summed E-state index contributed by atoms with van der Waals surface area (Å²) < 4.78 is 5.19. The zero-order chi connectivity index (χ0) is 19.4. The molecule has 2 unspecified atom stereocenters. The molecular formula is C21H21ClN2O3. The molecule has 0 fully saturated rings. The molecule has 0 saturated heterocycles. The Morgan fingerprint density at radius 1 is 1.19 bits per heavy atom. The van der Waals surface area contributed by atoms with Crippen molar-refractivity contribution >= 4 is 29.2 Å². The van der Waals surface area contributed by atoms with Crippen molar-refractivity contribution in [2.45, 2.75) is 19.9 Å². The van der Waals surface area contributed by atoms with Gasteiger partial charge in [0.05, 0.1) is 24.1 Å². The third kappa shape index (κ3) is 4.14. The second kappa shape index (κ2) is 8.27. The van der Waals surface area contributed by atoms with E-state index in [1.807, 2.05) is 42.5 Å². The van der Waals surface area contributed by atoms with E-state index in [1.165, 1.54) is 0 Å². The molecule has 2 aromatic carbocycles. The fourth-order valence-corrected chi connectivity index (χ4v) is 3.37. The number of hydrogen-bond acceptors (Lipinski definition) is 4. The summed E-state index contributed by atoms with van der Waals surface area (Å²) in [7, 11) is 0. The minimum Gasteiger partial charge on any atom is -0.463 e. The Hall–Kier alpha value is -2.79. The lowest BCUT2D eigenvalue weighted by atomic mass is 9.87. The van der Waals surface area contributed by atoms with E-state index in [9.17, 15) is 9.59 Å². The first-order valence-electron chi connectivity index (χ1n) is 8.77. The van der Waals surface area contributed by atoms with Gasteiger partial charge in [-0.2, -0.15) is 0 Å². The number of rotatable bonds is 6. The number of halogens is 1. The van der Waals surface area contributed by atoms with Crippen LogP contribution in [0.3, 0.4) is 0 Å². The monoisotopic (exact) mass is 384 g/mol. The Balaban J connectivity index is 2.04. The standard InChI is InChI=1S/C21H21ClN2O3/c1-3-27-21(26)17-13(2)23-20(25)18(17)19(14-9-11-15(22)12-10-14)24-16-7-5-4-6-8-16/h4-12,18-19,24H,3H2,1-2H3,(H,23,25). The van der Waals surface area contributed by atoms with Gasteiger partial charge in [0.15, 0.2) is 0 Å². The smallest absolute Gasteiger partial charge is 0.336 e. The fourth-order valence-electron chi connectivity index (χ4n) is 3.24. The third-order valence-corrected chi connectivity index (χ3v) is 4.71. The second-order valence-corrected chi connectivity index (χ2v) is 6.70. The average Bonchev–Trinajstić information content (AvgIpc) is 2.95. The number of carbonyl (C=O) groups excluding carboxylic acids is 2. The number of esters is 1. The molecule has 5 nitrogen and oxygen atoms in total. The maximum absolute atomic E-state index is 12.7. The normalized spacial score (nSPS) is 17.4. The zero-order valence-electron chi connectivity index (χ0n) is 15.2. The van der Waals surface area contributed by atoms with Gasteiger partial charge in [0, 0.05) is 16.4 Å². The molecule has 6 heteroatoms. The molecule has 0 aliphatic carbocycles. The molecule has 1 aliphatic heterocycles. The Morgan fingerprint density at radius 3 is 2.48 bits per heavy atom. The molecule has 140 valence electrons. The summed E-state index contributed by atoms with van der Waals surface area (Å²) in [5, 5.41) is 6.77. The van der Waals surface area contributed by atoms with Crippen molar-refractivity contribution < 1.29 is 14.3 Å². The van der Waals surface area contributed by atoms with Crippen LogP contribution in [0, 0.1) is 5.92 Å². The Bertz CT molecular complexity index is 863. The molecule has 27 heavy (non-hydrogen) atoms. The van der Waals surface area contributed by atoms with Crippen molar-refractivity contribution in [3.8, 4) is 0 Å². The van der Waals surface area contributed by atoms with Gasteiger partial charge in [-0.15, -0.1) is 0 Å². The number of hydrogen-bond donors (Lipinski definition) is 2. The number of carbonyl (C=O) groups is 2. The molecule has 0 radical (unpaired) electrons. The molecule has 1 aliphatic rings. The molecule has 2 aromatic rings. The van der Waals surface area contributed by atoms with E-state index in [0.717, 1.165) is 11.3 Å². The highest BCUT2D eigenvalue weighted by Gasteiger charge is 2.42. The van der Waals surface area contributed by atoms with Crippen molar-refractivity contribution in [2.24, 2.45) is 5.92 Å². The highest BCUT2D eigenvalue weighted by Crippen LogP contribution is 2.37. The van der Waals surface area contributed by atoms with Crippen LogP contribution in [0.4, 0.5) is 5.69 Å². The lowest BCUT2D eigenvalue weighted by molar-refractivity contribution is -0.140. The van der Waals surface area contributed by atoms with E-state index in [-0.39, 0.29) is 12.5 Å². The van der Waals surface area contributed by atoms with Gasteiger partial charge in [-0.1, -0.05) is 41.9 Å². The lowest BCUT2D eigenvalue weighted by Gasteiger charge is -2.26. The van der Waals surface area contributed by atoms with Crippen LogP contribution in [0.15, 0.2) is 65.9 Å². The van der Waals surface area contributed by atoms with E-state index in [2.05, 4.69) is 10.6 Å². The fraction of sp³-hybridized carbons (Fsp3) is 0.238. The van der Waals surface area contributed by atoms with Gasteiger partial charge in [-0.3, -0.25) is 4.79 Å². The van der Waals surface area contributed by atoms with Crippen LogP contribution in [0.1, 0.15) is 25.5 Å². The van der Waals surface area contributed by atoms with Crippen molar-refractivity contribution in [3.05, 3.63) is 76.5 Å². The van der Waals surface area contributed by atoms with E-state index in [0.29, 0.717) is 16.3 Å². The first-order chi connectivity index (χ1) is 13.0. The van der Waals surface area contributed by atoms with Gasteiger partial charge in [0.1, 0.15) is 0 Å². The quantitative estimate of drug-likeness (QED) is 0.736. The van der Waals surface area contributed by atoms with Crippen molar-refractivity contribution in [1.82, 2.24) is 5.32 Å². The molecule has 0 saturated carbocycles. The van der Waals surface area contributed by atoms with Crippen LogP contribution in [-0.4, -0.2) is 18.5 Å². The number of nitrogens with one attached hydrogen (secondary N) is 2. The van der Waals surface area contributed by atoms with Gasteiger partial charge < -0.3 is 15.4 Å². The Labute approximate surface area is 163 Å². The molecule has 0 bridgehead atoms. The van der Waals surface area contributed by atoms with Crippen molar-refractivity contribution in [3.63, 3.8) is 0 Å². The molecule has 3 rings (SSSR count). The second-order valence-electron chi connectivity index (χ2n) is 6.27. The summed E-state index contributed by atoms with van der Waals surface area (Å²) in [5.41, 5.74) is 2.57. The lowest BCUT2D eigenvalue weighted by Crippen LogP contribution is -2.32. The van der Waals surface area contributed by atoms with Gasteiger partial charge in [0.2, 0.25) is 5.91 Å². The first kappa shape index (κ1) is 19.0. The summed E-state index contributed by atoms with van der Waals surface area (Å²) in [6.45, 7) is 3.70. The largest absolute Gasteiger partial charge is 0.463 e. The van der Waals surface area contributed by atoms with Gasteiger partial charge >= 0.3 is 5.97 Å². The Kier molecular flexibility index (Phi) is 5.81. The summed E-state index contributed by atoms with van der Waals surface area (Å²) >= 11 is 6.03. The average molecular weight is 385 g/mol. The van der Waals surface area contributed by atoms with Crippen molar-refractivity contribution in [2.75, 3.05) is 11.9 Å². The molecule has 0 spiro atoms. The van der Waals surface area contributed by atoms with Crippen LogP contribution < -0.4 is 10.6 Å². The van der Waals surface area contributed by atoms with Gasteiger partial charge in [0.25, 0.3) is 0 Å². The first-order valence-corrected chi connectivity index (χ1v) is 9.15. The van der Waals surface area contributed by atoms with Gasteiger partial charge in [-0.25, -0.2) is 4.79 Å². The van der Waals surface area contributed by atoms with Crippen LogP contribution in [0.5, 0.6) is 0 Å². The third-order valence-electron chi connectivity index (χ3n) is 4.46. The summed E-state index contributed by atoms with van der Waals surface area (Å²) in [6, 6.07) is 16.3. The maximum atomic E-state index is 12.7. The number of amides is 1. The molecule has 2 atom stereocenters. The van der Waals surface area contributed by atoms with Crippen LogP contribution >= 0.6 is 11.6 Å². The van der Waals surface area contributed by atoms with E-state index >= 15 is 0 Å². The molecule has 1 amide bonds. The topological polar surface area (TPSA) is 67.4 Å². The number of allylic oxidation sites excluding steroid dienone is 1. The molecule has 1 heterocycles. The molecular weight excluding hydrogens is 364 g/mol. The highest BCUT2D eigenvalue weighted by molar-refractivity contribution is 6.30. The molecule has 2 N–H and O–H groups in total. The highest BCUT2D eigenvalue weighted by atomic mass is 35.5. The maximum Gasteiger partial charge on any atom is 0.336 e. The minimum absolute atomic E-state index is 0.237. The predicted molar refractivity (Wildman–Crippen MR) is 105 cm³/mol. The number of ether oxygens (including phenoxy) is 1. The summed E-state index contributed by atoms with van der Waals surface area (Å²) in [6.07, 6.45) is 0. The SMILES string of the molecule is CCOC(=O)C1=C(C)NC(=O)C1C(Nc1ccccc1)c1ccc(Cl)cc1. The van der Waals surface area contributed by atoms with Crippen LogP contribution in [-0.2, 0) is 14.3 Å². The van der Waals surface area contributed by atoms with E-state index < -0.39 is 17.9 Å². The minimum atomic E-state index is -0.717. The summed E-state index contributed by atoms with van der Waals surface area (Å²) in [5.74, 6) is -1.43. The zero-order valence-corrected chi connectivity index (χ0v) is 15.9. The van der Waals surface area contributed by atoms with Crippen LogP contribution in [0.2, 0.25) is 5.02 Å². The van der Waals surface area contributed by atoms with Crippen LogP contribution in [0.25, 0.3) is 0 Å². The molecule has 0 aromatic heterocycles. The number of para-hydroxylation sites is 1. The Morgan fingerprint density at radius 2 is 1.85 bits per heavy atom. The van der Waals surface area contributed by atoms with E-state index in [4.69, 9.17) is 16.3 Å². The summed E-state index contributed by atoms with van der Waals surface area (Å²) in [4.78, 5) is 25.3. The van der Waals surface area contributed by atoms with E-state index in [1.54, 1.807) is 26.0 Å². The number of benzene rings is 2.